The zero-order valence-electron chi connectivity index (χ0n) is 12.2. The zero-order valence-corrected chi connectivity index (χ0v) is 13.8. The first kappa shape index (κ1) is 15.9. The predicted octanol–water partition coefficient (Wildman–Crippen LogP) is 4.27. The highest BCUT2D eigenvalue weighted by molar-refractivity contribution is 9.10. The molecule has 2 aromatic carbocycles. The van der Waals surface area contributed by atoms with Crippen LogP contribution < -0.4 is 9.47 Å². The van der Waals surface area contributed by atoms with E-state index in [2.05, 4.69) is 15.9 Å². The molecular weight excluding hydrogens is 332 g/mol. The first-order chi connectivity index (χ1) is 10.1. The Morgan fingerprint density at radius 2 is 1.86 bits per heavy atom. The highest BCUT2D eigenvalue weighted by Gasteiger charge is 2.05. The van der Waals surface area contributed by atoms with Gasteiger partial charge in [0.2, 0.25) is 0 Å². The highest BCUT2D eigenvalue weighted by atomic mass is 79.9. The quantitative estimate of drug-likeness (QED) is 0.790. The van der Waals surface area contributed by atoms with E-state index < -0.39 is 6.10 Å². The molecule has 0 spiro atoms. The van der Waals surface area contributed by atoms with Gasteiger partial charge in [0, 0.05) is 4.47 Å². The van der Waals surface area contributed by atoms with Crippen LogP contribution in [0.1, 0.15) is 24.2 Å². The van der Waals surface area contributed by atoms with E-state index in [1.165, 1.54) is 0 Å². The number of benzene rings is 2. The van der Waals surface area contributed by atoms with Crippen molar-refractivity contribution in [2.75, 3.05) is 13.2 Å². The topological polar surface area (TPSA) is 38.7 Å². The van der Waals surface area contributed by atoms with Gasteiger partial charge in [0.25, 0.3) is 0 Å². The fourth-order valence-electron chi connectivity index (χ4n) is 1.96. The fraction of sp³-hybridized carbons (Fsp3) is 0.294. The summed E-state index contributed by atoms with van der Waals surface area (Å²) in [7, 11) is 0. The molecule has 2 aromatic rings. The second-order valence-corrected chi connectivity index (χ2v) is 5.77. The lowest BCUT2D eigenvalue weighted by Crippen LogP contribution is -2.09. The van der Waals surface area contributed by atoms with E-state index in [0.29, 0.717) is 13.2 Å². The Bertz CT molecular complexity index is 596. The van der Waals surface area contributed by atoms with Gasteiger partial charge in [0.1, 0.15) is 24.7 Å². The normalized spacial score (nSPS) is 12.0. The molecule has 0 radical (unpaired) electrons. The Balaban J connectivity index is 1.83. The molecule has 0 saturated carbocycles. The van der Waals surface area contributed by atoms with Crippen molar-refractivity contribution >= 4 is 15.9 Å². The summed E-state index contributed by atoms with van der Waals surface area (Å²) < 4.78 is 12.3. The third kappa shape index (κ3) is 4.76. The SMILES string of the molecule is Cc1cc(C(C)O)ccc1OCCOc1cccc(Br)c1. The van der Waals surface area contributed by atoms with Crippen LogP contribution in [-0.4, -0.2) is 18.3 Å². The lowest BCUT2D eigenvalue weighted by atomic mass is 10.1. The van der Waals surface area contributed by atoms with Gasteiger partial charge in [0.15, 0.2) is 0 Å². The lowest BCUT2D eigenvalue weighted by Gasteiger charge is -2.12. The van der Waals surface area contributed by atoms with Gasteiger partial charge in [-0.2, -0.15) is 0 Å². The minimum absolute atomic E-state index is 0.461. The number of aryl methyl sites for hydroxylation is 1. The number of ether oxygens (including phenoxy) is 2. The number of aliphatic hydroxyl groups excluding tert-OH is 1. The molecule has 4 heteroatoms. The van der Waals surface area contributed by atoms with Crippen LogP contribution in [0.5, 0.6) is 11.5 Å². The average molecular weight is 351 g/mol. The first-order valence-electron chi connectivity index (χ1n) is 6.86. The highest BCUT2D eigenvalue weighted by Crippen LogP contribution is 2.23. The molecule has 0 aliphatic heterocycles. The van der Waals surface area contributed by atoms with E-state index in [-0.39, 0.29) is 0 Å². The molecule has 0 saturated heterocycles. The van der Waals surface area contributed by atoms with E-state index in [9.17, 15) is 5.11 Å². The van der Waals surface area contributed by atoms with E-state index >= 15 is 0 Å². The summed E-state index contributed by atoms with van der Waals surface area (Å²) in [6.45, 7) is 4.67. The van der Waals surface area contributed by atoms with Gasteiger partial charge >= 0.3 is 0 Å². The number of hydrogen-bond donors (Lipinski definition) is 1. The third-order valence-electron chi connectivity index (χ3n) is 3.09. The summed E-state index contributed by atoms with van der Waals surface area (Å²) in [6, 6.07) is 13.4. The second-order valence-electron chi connectivity index (χ2n) is 4.86. The molecule has 3 nitrogen and oxygen atoms in total. The summed E-state index contributed by atoms with van der Waals surface area (Å²) in [6.07, 6.45) is -0.461. The van der Waals surface area contributed by atoms with Crippen LogP contribution in [0, 0.1) is 6.92 Å². The van der Waals surface area contributed by atoms with Gasteiger partial charge in [-0.25, -0.2) is 0 Å². The van der Waals surface area contributed by atoms with Crippen LogP contribution in [0.4, 0.5) is 0 Å². The van der Waals surface area contributed by atoms with Gasteiger partial charge < -0.3 is 14.6 Å². The van der Waals surface area contributed by atoms with Crippen LogP contribution >= 0.6 is 15.9 Å². The van der Waals surface area contributed by atoms with Crippen molar-refractivity contribution in [3.8, 4) is 11.5 Å². The maximum Gasteiger partial charge on any atom is 0.122 e. The molecule has 1 N–H and O–H groups in total. The molecule has 0 amide bonds. The Labute approximate surface area is 133 Å². The summed E-state index contributed by atoms with van der Waals surface area (Å²) in [4.78, 5) is 0. The Hall–Kier alpha value is -1.52. The minimum Gasteiger partial charge on any atom is -0.490 e. The van der Waals surface area contributed by atoms with Crippen LogP contribution in [0.15, 0.2) is 46.9 Å². The van der Waals surface area contributed by atoms with Gasteiger partial charge in [-0.1, -0.05) is 28.1 Å². The molecule has 0 bridgehead atoms. The maximum atomic E-state index is 9.54. The summed E-state index contributed by atoms with van der Waals surface area (Å²) in [5, 5.41) is 9.54. The van der Waals surface area contributed by atoms with Crippen LogP contribution in [0.25, 0.3) is 0 Å². The van der Waals surface area contributed by atoms with Crippen molar-refractivity contribution in [3.63, 3.8) is 0 Å². The first-order valence-corrected chi connectivity index (χ1v) is 7.65. The summed E-state index contributed by atoms with van der Waals surface area (Å²) >= 11 is 3.40. The van der Waals surface area contributed by atoms with Crippen molar-refractivity contribution in [1.29, 1.82) is 0 Å². The van der Waals surface area contributed by atoms with Crippen LogP contribution in [0.2, 0.25) is 0 Å². The van der Waals surface area contributed by atoms with Crippen molar-refractivity contribution in [3.05, 3.63) is 58.1 Å². The molecule has 112 valence electrons. The monoisotopic (exact) mass is 350 g/mol. The van der Waals surface area contributed by atoms with Crippen molar-refractivity contribution in [2.24, 2.45) is 0 Å². The average Bonchev–Trinajstić information content (AvgIpc) is 2.45. The molecule has 21 heavy (non-hydrogen) atoms. The van der Waals surface area contributed by atoms with Gasteiger partial charge in [-0.15, -0.1) is 0 Å². The smallest absolute Gasteiger partial charge is 0.122 e. The molecule has 2 rings (SSSR count). The fourth-order valence-corrected chi connectivity index (χ4v) is 2.34. The molecule has 0 heterocycles. The number of hydrogen-bond acceptors (Lipinski definition) is 3. The maximum absolute atomic E-state index is 9.54. The largest absolute Gasteiger partial charge is 0.490 e. The van der Waals surface area contributed by atoms with Crippen molar-refractivity contribution in [2.45, 2.75) is 20.0 Å². The van der Waals surface area contributed by atoms with Crippen molar-refractivity contribution in [1.82, 2.24) is 0 Å². The number of aliphatic hydroxyl groups is 1. The number of halogens is 1. The second kappa shape index (κ2) is 7.48. The third-order valence-corrected chi connectivity index (χ3v) is 3.58. The van der Waals surface area contributed by atoms with Crippen LogP contribution in [0.3, 0.4) is 0 Å². The van der Waals surface area contributed by atoms with Gasteiger partial charge in [-0.05, 0) is 55.3 Å². The summed E-state index contributed by atoms with van der Waals surface area (Å²) in [5.74, 6) is 1.63. The van der Waals surface area contributed by atoms with E-state index in [1.807, 2.05) is 49.4 Å². The standard InChI is InChI=1S/C17H19BrO3/c1-12-10-14(13(2)19)6-7-17(12)21-9-8-20-16-5-3-4-15(18)11-16/h3-7,10-11,13,19H,8-9H2,1-2H3. The molecular formula is C17H19BrO3. The molecule has 0 aliphatic carbocycles. The molecule has 0 aliphatic rings. The number of rotatable bonds is 6. The minimum atomic E-state index is -0.461. The lowest BCUT2D eigenvalue weighted by molar-refractivity contribution is 0.198. The molecule has 0 aromatic heterocycles. The zero-order chi connectivity index (χ0) is 15.2. The van der Waals surface area contributed by atoms with Crippen molar-refractivity contribution < 1.29 is 14.6 Å². The Morgan fingerprint density at radius 1 is 1.10 bits per heavy atom. The van der Waals surface area contributed by atoms with Crippen LogP contribution in [-0.2, 0) is 0 Å². The van der Waals surface area contributed by atoms with E-state index in [4.69, 9.17) is 9.47 Å². The Kier molecular flexibility index (Phi) is 5.65. The van der Waals surface area contributed by atoms with Gasteiger partial charge in [0.05, 0.1) is 6.10 Å². The Morgan fingerprint density at radius 3 is 2.52 bits per heavy atom. The molecule has 1 unspecified atom stereocenters. The van der Waals surface area contributed by atoms with E-state index in [0.717, 1.165) is 27.1 Å². The van der Waals surface area contributed by atoms with E-state index in [1.54, 1.807) is 6.92 Å². The van der Waals surface area contributed by atoms with Gasteiger partial charge in [-0.3, -0.25) is 0 Å². The molecule has 1 atom stereocenters. The molecule has 0 fully saturated rings. The summed E-state index contributed by atoms with van der Waals surface area (Å²) in [5.41, 5.74) is 1.90. The predicted molar refractivity (Wildman–Crippen MR) is 86.9 cm³/mol.